The molecule has 7 heteroatoms. The predicted molar refractivity (Wildman–Crippen MR) is 51.3 cm³/mol. The van der Waals surface area contributed by atoms with Crippen molar-refractivity contribution in [2.75, 3.05) is 0 Å². The summed E-state index contributed by atoms with van der Waals surface area (Å²) in [6.07, 6.45) is 0. The van der Waals surface area contributed by atoms with E-state index in [2.05, 4.69) is 10.2 Å². The molecule has 0 radical (unpaired) electrons. The summed E-state index contributed by atoms with van der Waals surface area (Å²) < 4.78 is -1.63. The van der Waals surface area contributed by atoms with E-state index in [0.29, 0.717) is 0 Å². The third-order valence-corrected chi connectivity index (χ3v) is 2.10. The van der Waals surface area contributed by atoms with Crippen molar-refractivity contribution in [2.24, 2.45) is 0 Å². The van der Waals surface area contributed by atoms with Crippen LogP contribution in [0.4, 0.5) is 0 Å². The second-order valence-corrected chi connectivity index (χ2v) is 4.90. The Morgan fingerprint density at radius 2 is 1.67 bits per heavy atom. The van der Waals surface area contributed by atoms with Gasteiger partial charge in [0, 0.05) is 5.56 Å². The van der Waals surface area contributed by atoms with E-state index < -0.39 is 3.79 Å². The number of halogens is 5. The zero-order valence-electron chi connectivity index (χ0n) is 5.36. The fraction of sp³-hybridized carbons (Fsp3) is 0.200. The second-order valence-electron chi connectivity index (χ2n) is 1.87. The summed E-state index contributed by atoms with van der Waals surface area (Å²) in [6, 6.07) is 1.35. The maximum Gasteiger partial charge on any atom is 0.219 e. The van der Waals surface area contributed by atoms with Gasteiger partial charge in [0.05, 0.1) is 0 Å². The molecule has 0 unspecified atom stereocenters. The van der Waals surface area contributed by atoms with Crippen molar-refractivity contribution in [3.8, 4) is 0 Å². The molecule has 0 aliphatic rings. The summed E-state index contributed by atoms with van der Waals surface area (Å²) in [7, 11) is 0. The average Bonchev–Trinajstić information content (AvgIpc) is 1.92. The van der Waals surface area contributed by atoms with Gasteiger partial charge in [-0.05, 0) is 6.07 Å². The molecule has 1 aromatic rings. The van der Waals surface area contributed by atoms with Crippen molar-refractivity contribution in [3.63, 3.8) is 0 Å². The molecule has 66 valence electrons. The number of rotatable bonds is 0. The van der Waals surface area contributed by atoms with Gasteiger partial charge in [-0.1, -0.05) is 58.0 Å². The number of hydrogen-bond acceptors (Lipinski definition) is 2. The van der Waals surface area contributed by atoms with Crippen LogP contribution in [0.15, 0.2) is 6.07 Å². The molecule has 0 aliphatic heterocycles. The first-order valence-corrected chi connectivity index (χ1v) is 4.56. The van der Waals surface area contributed by atoms with Crippen LogP contribution in [0.3, 0.4) is 0 Å². The summed E-state index contributed by atoms with van der Waals surface area (Å²) in [6.45, 7) is 0. The second kappa shape index (κ2) is 3.72. The summed E-state index contributed by atoms with van der Waals surface area (Å²) in [5.74, 6) is 0. The quantitative estimate of drug-likeness (QED) is 0.670. The van der Waals surface area contributed by atoms with Crippen molar-refractivity contribution < 1.29 is 0 Å². The third kappa shape index (κ3) is 2.51. The number of aromatic nitrogens is 2. The van der Waals surface area contributed by atoms with Crippen LogP contribution >= 0.6 is 58.0 Å². The highest BCUT2D eigenvalue weighted by Gasteiger charge is 2.27. The van der Waals surface area contributed by atoms with Crippen molar-refractivity contribution in [1.82, 2.24) is 10.2 Å². The highest BCUT2D eigenvalue weighted by Crippen LogP contribution is 2.41. The molecule has 0 aromatic carbocycles. The smallest absolute Gasteiger partial charge is 0.137 e. The monoisotopic (exact) mass is 264 g/mol. The Balaban J connectivity index is 3.23. The van der Waals surface area contributed by atoms with Gasteiger partial charge >= 0.3 is 0 Å². The molecular formula is C5HCl5N2. The van der Waals surface area contributed by atoms with Crippen LogP contribution < -0.4 is 0 Å². The highest BCUT2D eigenvalue weighted by molar-refractivity contribution is 6.67. The predicted octanol–water partition coefficient (Wildman–Crippen LogP) is 3.61. The van der Waals surface area contributed by atoms with E-state index in [1.807, 2.05) is 0 Å². The molecule has 0 saturated heterocycles. The lowest BCUT2D eigenvalue weighted by Crippen LogP contribution is -2.03. The van der Waals surface area contributed by atoms with Crippen LogP contribution in [0, 0.1) is 0 Å². The maximum atomic E-state index is 5.60. The van der Waals surface area contributed by atoms with Gasteiger partial charge in [-0.2, -0.15) is 0 Å². The van der Waals surface area contributed by atoms with Crippen molar-refractivity contribution in [3.05, 3.63) is 21.9 Å². The van der Waals surface area contributed by atoms with Gasteiger partial charge in [-0.25, -0.2) is 0 Å². The molecule has 1 heterocycles. The lowest BCUT2D eigenvalue weighted by atomic mass is 10.3. The van der Waals surface area contributed by atoms with Crippen molar-refractivity contribution >= 4 is 58.0 Å². The lowest BCUT2D eigenvalue weighted by molar-refractivity contribution is 0.996. The van der Waals surface area contributed by atoms with Gasteiger partial charge in [0.1, 0.15) is 0 Å². The minimum atomic E-state index is -1.63. The van der Waals surface area contributed by atoms with Crippen LogP contribution in [-0.2, 0) is 3.79 Å². The van der Waals surface area contributed by atoms with Gasteiger partial charge in [-0.3, -0.25) is 0 Å². The van der Waals surface area contributed by atoms with E-state index in [0.717, 1.165) is 0 Å². The van der Waals surface area contributed by atoms with Crippen molar-refractivity contribution in [1.29, 1.82) is 0 Å². The Hall–Kier alpha value is 0.530. The van der Waals surface area contributed by atoms with E-state index in [9.17, 15) is 0 Å². The van der Waals surface area contributed by atoms with Crippen LogP contribution in [-0.4, -0.2) is 10.2 Å². The summed E-state index contributed by atoms with van der Waals surface area (Å²) in [5.41, 5.74) is 0.217. The van der Waals surface area contributed by atoms with Gasteiger partial charge in [0.25, 0.3) is 0 Å². The summed E-state index contributed by atoms with van der Waals surface area (Å²) in [5, 5.41) is 7.09. The molecule has 0 spiro atoms. The maximum absolute atomic E-state index is 5.60. The molecule has 0 aliphatic carbocycles. The number of nitrogens with zero attached hydrogens (tertiary/aromatic N) is 2. The Labute approximate surface area is 93.7 Å². The topological polar surface area (TPSA) is 25.8 Å². The fourth-order valence-electron chi connectivity index (χ4n) is 0.552. The standard InChI is InChI=1S/C5HCl5N2/c6-3-1-2(5(8,9)10)4(7)12-11-3/h1H. The van der Waals surface area contributed by atoms with Crippen LogP contribution in [0.1, 0.15) is 5.56 Å². The Kier molecular flexibility index (Phi) is 3.29. The van der Waals surface area contributed by atoms with E-state index >= 15 is 0 Å². The van der Waals surface area contributed by atoms with Crippen LogP contribution in [0.5, 0.6) is 0 Å². The zero-order chi connectivity index (χ0) is 9.35. The number of hydrogen-bond donors (Lipinski definition) is 0. The molecule has 2 nitrogen and oxygen atoms in total. The molecule has 0 amide bonds. The Bertz CT molecular complexity index is 294. The van der Waals surface area contributed by atoms with Crippen LogP contribution in [0.25, 0.3) is 0 Å². The van der Waals surface area contributed by atoms with E-state index in [1.165, 1.54) is 6.07 Å². The third-order valence-electron chi connectivity index (χ3n) is 1.02. The molecule has 1 aromatic heterocycles. The molecule has 1 rings (SSSR count). The van der Waals surface area contributed by atoms with E-state index in [1.54, 1.807) is 0 Å². The summed E-state index contributed by atoms with van der Waals surface area (Å²) in [4.78, 5) is 0. The number of alkyl halides is 3. The molecule has 0 saturated carbocycles. The first-order valence-electron chi connectivity index (χ1n) is 2.67. The Morgan fingerprint density at radius 3 is 2.08 bits per heavy atom. The van der Waals surface area contributed by atoms with Crippen LogP contribution in [0.2, 0.25) is 10.3 Å². The van der Waals surface area contributed by atoms with Gasteiger partial charge in [-0.15, -0.1) is 10.2 Å². The Morgan fingerprint density at radius 1 is 1.08 bits per heavy atom. The minimum absolute atomic E-state index is 0.0272. The van der Waals surface area contributed by atoms with Gasteiger partial charge in [0.2, 0.25) is 3.79 Å². The zero-order valence-corrected chi connectivity index (χ0v) is 9.14. The molecule has 12 heavy (non-hydrogen) atoms. The molecule has 0 atom stereocenters. The van der Waals surface area contributed by atoms with E-state index in [-0.39, 0.29) is 15.9 Å². The molecular weight excluding hydrogens is 265 g/mol. The SMILES string of the molecule is Clc1cc(C(Cl)(Cl)Cl)c(Cl)nn1. The average molecular weight is 266 g/mol. The minimum Gasteiger partial charge on any atom is -0.137 e. The normalized spacial score (nSPS) is 11.8. The molecule has 0 fully saturated rings. The largest absolute Gasteiger partial charge is 0.219 e. The van der Waals surface area contributed by atoms with E-state index in [4.69, 9.17) is 58.0 Å². The van der Waals surface area contributed by atoms with Crippen molar-refractivity contribution in [2.45, 2.75) is 3.79 Å². The first kappa shape index (κ1) is 10.6. The van der Waals surface area contributed by atoms with Gasteiger partial charge in [0.15, 0.2) is 10.3 Å². The highest BCUT2D eigenvalue weighted by atomic mass is 35.6. The molecule has 0 bridgehead atoms. The first-order chi connectivity index (χ1) is 5.41. The lowest BCUT2D eigenvalue weighted by Gasteiger charge is -2.11. The molecule has 0 N–H and O–H groups in total. The summed E-state index contributed by atoms with van der Waals surface area (Å²) >= 11 is 27.8. The fourth-order valence-corrected chi connectivity index (χ4v) is 1.51. The van der Waals surface area contributed by atoms with Gasteiger partial charge < -0.3 is 0 Å².